The van der Waals surface area contributed by atoms with Crippen molar-refractivity contribution in [3.8, 4) is 0 Å². The number of aryl methyl sites for hydroxylation is 1. The zero-order valence-electron chi connectivity index (χ0n) is 8.69. The summed E-state index contributed by atoms with van der Waals surface area (Å²) in [6, 6.07) is 2.13. The Balaban J connectivity index is 2.20. The van der Waals surface area contributed by atoms with E-state index in [2.05, 4.69) is 14.9 Å². The van der Waals surface area contributed by atoms with Crippen LogP contribution in [-0.4, -0.2) is 41.6 Å². The molecule has 0 N–H and O–H groups in total. The van der Waals surface area contributed by atoms with Crippen molar-refractivity contribution in [1.29, 1.82) is 0 Å². The summed E-state index contributed by atoms with van der Waals surface area (Å²) in [4.78, 5) is 10.7. The van der Waals surface area contributed by atoms with Gasteiger partial charge in [-0.2, -0.15) is 0 Å². The first-order valence-corrected chi connectivity index (χ1v) is 5.54. The summed E-state index contributed by atoms with van der Waals surface area (Å²) >= 11 is 5.90. The SMILES string of the molecule is Cc1nccc(N2CCOCC2CCl)n1. The molecule has 0 saturated carbocycles. The molecule has 1 aromatic heterocycles. The maximum absolute atomic E-state index is 5.90. The van der Waals surface area contributed by atoms with Crippen molar-refractivity contribution in [2.75, 3.05) is 30.5 Å². The third kappa shape index (κ3) is 2.38. The lowest BCUT2D eigenvalue weighted by Crippen LogP contribution is -2.47. The molecule has 0 spiro atoms. The Morgan fingerprint density at radius 2 is 2.53 bits per heavy atom. The lowest BCUT2D eigenvalue weighted by atomic mass is 10.2. The van der Waals surface area contributed by atoms with E-state index in [1.807, 2.05) is 13.0 Å². The number of ether oxygens (including phenoxy) is 1. The van der Waals surface area contributed by atoms with Gasteiger partial charge in [-0.3, -0.25) is 0 Å². The number of alkyl halides is 1. The van der Waals surface area contributed by atoms with E-state index < -0.39 is 0 Å². The van der Waals surface area contributed by atoms with Gasteiger partial charge in [0, 0.05) is 18.6 Å². The number of aromatic nitrogens is 2. The van der Waals surface area contributed by atoms with Gasteiger partial charge in [0.05, 0.1) is 19.3 Å². The number of halogens is 1. The molecule has 0 bridgehead atoms. The molecule has 0 radical (unpaired) electrons. The van der Waals surface area contributed by atoms with E-state index in [1.165, 1.54) is 0 Å². The molecule has 1 aliphatic rings. The van der Waals surface area contributed by atoms with Crippen molar-refractivity contribution in [1.82, 2.24) is 9.97 Å². The van der Waals surface area contributed by atoms with Crippen molar-refractivity contribution in [2.24, 2.45) is 0 Å². The Bertz CT molecular complexity index is 334. The summed E-state index contributed by atoms with van der Waals surface area (Å²) in [6.07, 6.45) is 1.78. The molecule has 5 heteroatoms. The second-order valence-electron chi connectivity index (χ2n) is 3.54. The maximum Gasteiger partial charge on any atom is 0.132 e. The highest BCUT2D eigenvalue weighted by molar-refractivity contribution is 6.18. The summed E-state index contributed by atoms with van der Waals surface area (Å²) in [5.41, 5.74) is 0. The Hall–Kier alpha value is -0.870. The fourth-order valence-corrected chi connectivity index (χ4v) is 1.94. The normalized spacial score (nSPS) is 21.7. The van der Waals surface area contributed by atoms with Crippen molar-refractivity contribution in [3.63, 3.8) is 0 Å². The van der Waals surface area contributed by atoms with Crippen molar-refractivity contribution >= 4 is 17.4 Å². The first-order chi connectivity index (χ1) is 7.31. The monoisotopic (exact) mass is 227 g/mol. The average molecular weight is 228 g/mol. The van der Waals surface area contributed by atoms with Crippen LogP contribution in [0, 0.1) is 6.92 Å². The fraction of sp³-hybridized carbons (Fsp3) is 0.600. The van der Waals surface area contributed by atoms with Gasteiger partial charge < -0.3 is 9.64 Å². The van der Waals surface area contributed by atoms with Crippen LogP contribution >= 0.6 is 11.6 Å². The van der Waals surface area contributed by atoms with Crippen LogP contribution < -0.4 is 4.90 Å². The Morgan fingerprint density at radius 1 is 1.67 bits per heavy atom. The van der Waals surface area contributed by atoms with E-state index in [9.17, 15) is 0 Å². The van der Waals surface area contributed by atoms with E-state index in [0.717, 1.165) is 24.8 Å². The van der Waals surface area contributed by atoms with Crippen molar-refractivity contribution in [3.05, 3.63) is 18.1 Å². The minimum atomic E-state index is 0.217. The minimum Gasteiger partial charge on any atom is -0.377 e. The van der Waals surface area contributed by atoms with Gasteiger partial charge in [-0.05, 0) is 13.0 Å². The third-order valence-corrected chi connectivity index (χ3v) is 2.82. The van der Waals surface area contributed by atoms with Crippen LogP contribution in [0.1, 0.15) is 5.82 Å². The molecule has 4 nitrogen and oxygen atoms in total. The topological polar surface area (TPSA) is 38.2 Å². The molecular weight excluding hydrogens is 214 g/mol. The number of hydrogen-bond acceptors (Lipinski definition) is 4. The second kappa shape index (κ2) is 4.77. The third-order valence-electron chi connectivity index (χ3n) is 2.46. The minimum absolute atomic E-state index is 0.217. The average Bonchev–Trinajstić information content (AvgIpc) is 2.29. The smallest absolute Gasteiger partial charge is 0.132 e. The van der Waals surface area contributed by atoms with E-state index in [-0.39, 0.29) is 6.04 Å². The maximum atomic E-state index is 5.90. The molecule has 0 aliphatic carbocycles. The summed E-state index contributed by atoms with van der Waals surface area (Å²) in [7, 11) is 0. The van der Waals surface area contributed by atoms with Gasteiger partial charge in [-0.25, -0.2) is 9.97 Å². The van der Waals surface area contributed by atoms with Gasteiger partial charge in [0.1, 0.15) is 11.6 Å². The Kier molecular flexibility index (Phi) is 3.38. The quantitative estimate of drug-likeness (QED) is 0.713. The van der Waals surface area contributed by atoms with Gasteiger partial charge in [-0.1, -0.05) is 0 Å². The number of nitrogens with zero attached hydrogens (tertiary/aromatic N) is 3. The number of hydrogen-bond donors (Lipinski definition) is 0. The van der Waals surface area contributed by atoms with Crippen molar-refractivity contribution < 1.29 is 4.74 Å². The highest BCUT2D eigenvalue weighted by Gasteiger charge is 2.23. The molecule has 0 aromatic carbocycles. The predicted molar refractivity (Wildman–Crippen MR) is 59.4 cm³/mol. The molecule has 2 rings (SSSR count). The van der Waals surface area contributed by atoms with E-state index in [4.69, 9.17) is 16.3 Å². The van der Waals surface area contributed by atoms with Crippen LogP contribution in [0.2, 0.25) is 0 Å². The first-order valence-electron chi connectivity index (χ1n) is 5.01. The Morgan fingerprint density at radius 3 is 3.27 bits per heavy atom. The van der Waals surface area contributed by atoms with Crippen molar-refractivity contribution in [2.45, 2.75) is 13.0 Å². The second-order valence-corrected chi connectivity index (χ2v) is 3.85. The number of morpholine rings is 1. The molecule has 1 unspecified atom stereocenters. The van der Waals surface area contributed by atoms with E-state index >= 15 is 0 Å². The van der Waals surface area contributed by atoms with Gasteiger partial charge in [0.2, 0.25) is 0 Å². The van der Waals surface area contributed by atoms with E-state index in [1.54, 1.807) is 6.20 Å². The van der Waals surface area contributed by atoms with Crippen LogP contribution in [0.25, 0.3) is 0 Å². The van der Waals surface area contributed by atoms with E-state index in [0.29, 0.717) is 12.5 Å². The summed E-state index contributed by atoms with van der Waals surface area (Å²) < 4.78 is 5.39. The lowest BCUT2D eigenvalue weighted by molar-refractivity contribution is 0.0993. The Labute approximate surface area is 94.2 Å². The molecule has 1 aliphatic heterocycles. The molecule has 1 atom stereocenters. The predicted octanol–water partition coefficient (Wildman–Crippen LogP) is 1.23. The molecule has 82 valence electrons. The molecule has 1 fully saturated rings. The zero-order chi connectivity index (χ0) is 10.7. The van der Waals surface area contributed by atoms with Crippen LogP contribution in [-0.2, 0) is 4.74 Å². The van der Waals surface area contributed by atoms with Gasteiger partial charge in [-0.15, -0.1) is 11.6 Å². The standard InChI is InChI=1S/C10H14ClN3O/c1-8-12-3-2-10(13-8)14-4-5-15-7-9(14)6-11/h2-3,9H,4-7H2,1H3. The highest BCUT2D eigenvalue weighted by Crippen LogP contribution is 2.17. The molecule has 2 heterocycles. The summed E-state index contributed by atoms with van der Waals surface area (Å²) in [6.45, 7) is 4.14. The number of rotatable bonds is 2. The largest absolute Gasteiger partial charge is 0.377 e. The number of anilines is 1. The summed E-state index contributed by atoms with van der Waals surface area (Å²) in [5.74, 6) is 2.28. The summed E-state index contributed by atoms with van der Waals surface area (Å²) in [5, 5.41) is 0. The molecule has 1 saturated heterocycles. The first kappa shape index (κ1) is 10.6. The van der Waals surface area contributed by atoms with Gasteiger partial charge >= 0.3 is 0 Å². The zero-order valence-corrected chi connectivity index (χ0v) is 9.44. The molecule has 1 aromatic rings. The highest BCUT2D eigenvalue weighted by atomic mass is 35.5. The van der Waals surface area contributed by atoms with Crippen LogP contribution in [0.15, 0.2) is 12.3 Å². The fourth-order valence-electron chi connectivity index (χ4n) is 1.69. The van der Waals surface area contributed by atoms with Gasteiger partial charge in [0.15, 0.2) is 0 Å². The molecular formula is C10H14ClN3O. The van der Waals surface area contributed by atoms with Crippen LogP contribution in [0.5, 0.6) is 0 Å². The molecule has 15 heavy (non-hydrogen) atoms. The van der Waals surface area contributed by atoms with Crippen LogP contribution in [0.3, 0.4) is 0 Å². The molecule has 0 amide bonds. The van der Waals surface area contributed by atoms with Gasteiger partial charge in [0.25, 0.3) is 0 Å². The van der Waals surface area contributed by atoms with Crippen LogP contribution in [0.4, 0.5) is 5.82 Å². The lowest BCUT2D eigenvalue weighted by Gasteiger charge is -2.35.